The SMILES string of the molecule is CC(=O)O.CC[C@@H](C)C(=O)O[C@H]1[C@H](O)[C@H]2[C@@H](CN3C[C@@H](C)CC[C@H]3[C@@]2(C)O)[C@@H]2C[C@]34O[C@@]5(O)[C@@H](OC(=O)[C@@](C)(O)CC)CC[C@@]3(C)[C@@H]5C[C@@H](OC(C)=O)[C@H]4[C@@]21O. The molecule has 56 heavy (non-hydrogen) atoms. The van der Waals surface area contributed by atoms with Crippen LogP contribution in [0.1, 0.15) is 114 Å². The second kappa shape index (κ2) is 14.4. The molecule has 15 heteroatoms. The van der Waals surface area contributed by atoms with E-state index in [2.05, 4.69) is 11.8 Å². The van der Waals surface area contributed by atoms with Crippen LogP contribution in [0.25, 0.3) is 0 Å². The summed E-state index contributed by atoms with van der Waals surface area (Å²) in [5.74, 6) is -8.87. The molecule has 0 unspecified atom stereocenters. The summed E-state index contributed by atoms with van der Waals surface area (Å²) in [7, 11) is 0. The van der Waals surface area contributed by atoms with Gasteiger partial charge in [0.2, 0.25) is 5.79 Å². The van der Waals surface area contributed by atoms with Gasteiger partial charge in [0.15, 0.2) is 17.8 Å². The fraction of sp³-hybridized carbons (Fsp3) is 0.902. The number of fused-ring (bicyclic) bond motifs is 5. The van der Waals surface area contributed by atoms with Crippen molar-refractivity contribution in [1.29, 1.82) is 0 Å². The molecule has 4 bridgehead atoms. The Balaban J connectivity index is 0.00000127. The molecule has 4 saturated carbocycles. The number of hydrogen-bond donors (Lipinski definition) is 6. The highest BCUT2D eigenvalue weighted by atomic mass is 16.7. The zero-order chi connectivity index (χ0) is 41.7. The second-order valence-corrected chi connectivity index (χ2v) is 19.1. The van der Waals surface area contributed by atoms with Crippen LogP contribution in [0.4, 0.5) is 0 Å². The number of hydrogen-bond acceptors (Lipinski definition) is 14. The molecule has 7 rings (SSSR count). The topological polar surface area (TPSA) is 230 Å². The van der Waals surface area contributed by atoms with E-state index in [0.717, 1.165) is 26.3 Å². The average molecular weight is 796 g/mol. The standard InChI is InChI=1S/C39H61NO12.C2H4O2/c1-9-20(4)32(43)51-31-29(42)28-22(18-40-17-19(3)11-12-26(40)36(28,8)46)23-16-37-30(38(23,31)47)24(49-21(5)41)15-25-34(37,6)14-13-27(39(25,48)52-37)50-33(44)35(7,45)10-2;1-2(3)4/h19-20,22-31,42,45-48H,9-18H2,1-8H3;1H3,(H,3,4)/t19-,20+,22-,23-,24+,25-,26-,27-,28+,29+,30+,31-,34-,35-,36+,37+,38-,39+;/m0./s1. The highest BCUT2D eigenvalue weighted by Crippen LogP contribution is 2.77. The van der Waals surface area contributed by atoms with Crippen LogP contribution in [-0.2, 0) is 38.1 Å². The van der Waals surface area contributed by atoms with Crippen LogP contribution in [-0.4, -0.2) is 131 Å². The summed E-state index contributed by atoms with van der Waals surface area (Å²) in [6.07, 6.45) is -2.10. The number of carboxylic acid groups (broad SMARTS) is 1. The van der Waals surface area contributed by atoms with E-state index in [0.29, 0.717) is 25.3 Å². The predicted octanol–water partition coefficient (Wildman–Crippen LogP) is 2.16. The molecule has 0 amide bonds. The number of piperidine rings is 2. The lowest BCUT2D eigenvalue weighted by Crippen LogP contribution is -2.77. The molecule has 15 nitrogen and oxygen atoms in total. The summed E-state index contributed by atoms with van der Waals surface area (Å²) < 4.78 is 25.2. The summed E-state index contributed by atoms with van der Waals surface area (Å²) in [4.78, 5) is 51.0. The third-order valence-corrected chi connectivity index (χ3v) is 15.7. The van der Waals surface area contributed by atoms with E-state index in [4.69, 9.17) is 28.8 Å². The van der Waals surface area contributed by atoms with E-state index < -0.39 is 117 Å². The van der Waals surface area contributed by atoms with E-state index in [-0.39, 0.29) is 31.7 Å². The van der Waals surface area contributed by atoms with Crippen molar-refractivity contribution in [3.8, 4) is 0 Å². The molecule has 318 valence electrons. The van der Waals surface area contributed by atoms with Crippen LogP contribution in [0.15, 0.2) is 0 Å². The van der Waals surface area contributed by atoms with Crippen molar-refractivity contribution in [2.75, 3.05) is 13.1 Å². The van der Waals surface area contributed by atoms with E-state index in [9.17, 15) is 39.9 Å². The van der Waals surface area contributed by atoms with Gasteiger partial charge in [-0.1, -0.05) is 34.6 Å². The molecular weight excluding hydrogens is 730 g/mol. The lowest BCUT2D eigenvalue weighted by molar-refractivity contribution is -0.300. The molecule has 7 fully saturated rings. The lowest BCUT2D eigenvalue weighted by atomic mass is 9.49. The van der Waals surface area contributed by atoms with Crippen LogP contribution in [0.5, 0.6) is 0 Å². The zero-order valence-corrected chi connectivity index (χ0v) is 34.4. The maximum absolute atomic E-state index is 13.7. The van der Waals surface area contributed by atoms with Gasteiger partial charge in [-0.05, 0) is 83.0 Å². The Morgan fingerprint density at radius 3 is 2.23 bits per heavy atom. The smallest absolute Gasteiger partial charge is 0.338 e. The Hall–Kier alpha value is -2.40. The number of aliphatic carboxylic acids is 1. The first-order chi connectivity index (χ1) is 25.9. The lowest BCUT2D eigenvalue weighted by Gasteiger charge is -2.64. The predicted molar refractivity (Wildman–Crippen MR) is 197 cm³/mol. The zero-order valence-electron chi connectivity index (χ0n) is 34.4. The largest absolute Gasteiger partial charge is 0.481 e. The van der Waals surface area contributed by atoms with E-state index in [1.165, 1.54) is 13.8 Å². The van der Waals surface area contributed by atoms with Gasteiger partial charge in [0.05, 0.1) is 29.1 Å². The summed E-state index contributed by atoms with van der Waals surface area (Å²) in [5.41, 5.74) is -7.42. The average Bonchev–Trinajstić information content (AvgIpc) is 3.37. The molecule has 0 radical (unpaired) electrons. The van der Waals surface area contributed by atoms with Crippen LogP contribution in [0.2, 0.25) is 0 Å². The van der Waals surface area contributed by atoms with Crippen molar-refractivity contribution in [2.24, 2.45) is 46.8 Å². The minimum absolute atomic E-state index is 0.0475. The first-order valence-electron chi connectivity index (χ1n) is 20.7. The fourth-order valence-electron chi connectivity index (χ4n) is 12.8. The van der Waals surface area contributed by atoms with Gasteiger partial charge in [-0.2, -0.15) is 0 Å². The van der Waals surface area contributed by atoms with Gasteiger partial charge in [-0.25, -0.2) is 4.79 Å². The van der Waals surface area contributed by atoms with Gasteiger partial charge >= 0.3 is 17.9 Å². The Labute approximate surface area is 329 Å². The Bertz CT molecular complexity index is 1570. The molecule has 1 spiro atoms. The fourth-order valence-corrected chi connectivity index (χ4v) is 12.8. The molecule has 7 aliphatic rings. The molecule has 6 N–H and O–H groups in total. The minimum Gasteiger partial charge on any atom is -0.481 e. The molecule has 0 aromatic heterocycles. The maximum atomic E-state index is 13.7. The molecular formula is C41H65NO14. The van der Waals surface area contributed by atoms with Crippen molar-refractivity contribution in [3.63, 3.8) is 0 Å². The first kappa shape index (κ1) is 43.2. The van der Waals surface area contributed by atoms with Gasteiger partial charge < -0.3 is 49.6 Å². The molecule has 3 heterocycles. The number of carbonyl (C=O) groups excluding carboxylic acids is 3. The molecule has 0 aromatic carbocycles. The highest BCUT2D eigenvalue weighted by Gasteiger charge is 2.87. The van der Waals surface area contributed by atoms with E-state index in [1.807, 2.05) is 13.8 Å². The van der Waals surface area contributed by atoms with Crippen molar-refractivity contribution >= 4 is 23.9 Å². The van der Waals surface area contributed by atoms with Crippen LogP contribution >= 0.6 is 0 Å². The number of carboxylic acids is 1. The Morgan fingerprint density at radius 1 is 1.00 bits per heavy atom. The molecule has 4 aliphatic carbocycles. The number of esters is 3. The van der Waals surface area contributed by atoms with Crippen molar-refractivity contribution in [3.05, 3.63) is 0 Å². The number of nitrogens with zero attached hydrogens (tertiary/aromatic N) is 1. The first-order valence-corrected chi connectivity index (χ1v) is 20.7. The second-order valence-electron chi connectivity index (χ2n) is 19.1. The normalized spacial score (nSPS) is 48.9. The number of rotatable bonds is 7. The molecule has 0 aromatic rings. The minimum atomic E-state index is -2.06. The quantitative estimate of drug-likeness (QED) is 0.160. The summed E-state index contributed by atoms with van der Waals surface area (Å²) in [6.45, 7) is 16.1. The third-order valence-electron chi connectivity index (χ3n) is 15.7. The summed E-state index contributed by atoms with van der Waals surface area (Å²) >= 11 is 0. The Morgan fingerprint density at radius 2 is 1.64 bits per heavy atom. The van der Waals surface area contributed by atoms with Crippen molar-refractivity contribution < 1.29 is 68.8 Å². The van der Waals surface area contributed by atoms with Crippen molar-refractivity contribution in [2.45, 2.75) is 172 Å². The van der Waals surface area contributed by atoms with Gasteiger partial charge in [0, 0.05) is 50.2 Å². The summed E-state index contributed by atoms with van der Waals surface area (Å²) in [6, 6.07) is -0.243. The summed E-state index contributed by atoms with van der Waals surface area (Å²) in [5, 5.41) is 69.5. The number of ether oxygens (including phenoxy) is 4. The number of carbonyl (C=O) groups is 4. The van der Waals surface area contributed by atoms with Gasteiger partial charge in [-0.15, -0.1) is 0 Å². The molecule has 18 atom stereocenters. The van der Waals surface area contributed by atoms with E-state index >= 15 is 0 Å². The Kier molecular flexibility index (Phi) is 11.1. The van der Waals surface area contributed by atoms with Gasteiger partial charge in [0.1, 0.15) is 11.7 Å². The van der Waals surface area contributed by atoms with Gasteiger partial charge in [0.25, 0.3) is 5.97 Å². The van der Waals surface area contributed by atoms with Crippen LogP contribution in [0.3, 0.4) is 0 Å². The highest BCUT2D eigenvalue weighted by molar-refractivity contribution is 5.79. The monoisotopic (exact) mass is 795 g/mol. The number of aliphatic hydroxyl groups is 5. The number of aliphatic hydroxyl groups excluding tert-OH is 1. The van der Waals surface area contributed by atoms with Crippen LogP contribution < -0.4 is 0 Å². The third kappa shape index (κ3) is 6.23. The molecule has 3 aliphatic heterocycles. The van der Waals surface area contributed by atoms with Crippen LogP contribution in [0, 0.1) is 46.8 Å². The van der Waals surface area contributed by atoms with Gasteiger partial charge in [-0.3, -0.25) is 19.3 Å². The van der Waals surface area contributed by atoms with E-state index in [1.54, 1.807) is 20.8 Å². The maximum Gasteiger partial charge on any atom is 0.338 e. The molecule has 3 saturated heterocycles. The van der Waals surface area contributed by atoms with Crippen molar-refractivity contribution in [1.82, 2.24) is 4.90 Å².